The topological polar surface area (TPSA) is 58.4 Å². The van der Waals surface area contributed by atoms with E-state index < -0.39 is 6.04 Å². The lowest BCUT2D eigenvalue weighted by Crippen LogP contribution is -2.49. The van der Waals surface area contributed by atoms with Crippen molar-refractivity contribution in [3.05, 3.63) is 35.6 Å². The fourth-order valence-corrected chi connectivity index (χ4v) is 1.85. The van der Waals surface area contributed by atoms with Crippen LogP contribution in [0.4, 0.5) is 4.39 Å². The molecule has 0 fully saturated rings. The minimum Gasteiger partial charge on any atom is -0.353 e. The third kappa shape index (κ3) is 6.23. The maximum Gasteiger partial charge on any atom is 0.237 e. The summed E-state index contributed by atoms with van der Waals surface area (Å²) in [6.45, 7) is 7.79. The lowest BCUT2D eigenvalue weighted by Gasteiger charge is -2.26. The number of carbonyl (C=O) groups excluding carboxylic acids is 1. The van der Waals surface area contributed by atoms with E-state index in [1.165, 1.54) is 12.1 Å². The molecule has 1 atom stereocenters. The Balaban J connectivity index is 2.32. The number of amides is 1. The molecule has 0 saturated carbocycles. The Bertz CT molecular complexity index is 454. The van der Waals surface area contributed by atoms with Gasteiger partial charge in [-0.05, 0) is 30.2 Å². The Morgan fingerprint density at radius 3 is 2.43 bits per heavy atom. The number of rotatable bonds is 6. The van der Waals surface area contributed by atoms with Gasteiger partial charge in [-0.2, -0.15) is 0 Å². The fourth-order valence-electron chi connectivity index (χ4n) is 1.85. The molecule has 1 amide bonds. The molecule has 0 aliphatic rings. The van der Waals surface area contributed by atoms with Crippen LogP contribution >= 0.6 is 0 Å². The number of nitrogens with zero attached hydrogens (tertiary/aromatic N) is 1. The number of nitrogens with one attached hydrogen (secondary N) is 1. The van der Waals surface area contributed by atoms with E-state index in [-0.39, 0.29) is 17.1 Å². The maximum absolute atomic E-state index is 12.8. The van der Waals surface area contributed by atoms with Gasteiger partial charge < -0.3 is 16.0 Å². The van der Waals surface area contributed by atoms with Gasteiger partial charge in [-0.3, -0.25) is 4.79 Å². The Morgan fingerprint density at radius 1 is 1.33 bits per heavy atom. The van der Waals surface area contributed by atoms with Crippen LogP contribution in [-0.4, -0.2) is 37.0 Å². The molecular formula is C16H26FN3O. The van der Waals surface area contributed by atoms with Crippen LogP contribution in [-0.2, 0) is 11.3 Å². The predicted octanol–water partition coefficient (Wildman–Crippen LogP) is 1.75. The van der Waals surface area contributed by atoms with E-state index in [1.807, 2.05) is 27.8 Å². The van der Waals surface area contributed by atoms with Gasteiger partial charge >= 0.3 is 0 Å². The highest BCUT2D eigenvalue weighted by Gasteiger charge is 2.26. The van der Waals surface area contributed by atoms with Crippen LogP contribution in [0.1, 0.15) is 26.3 Å². The zero-order valence-corrected chi connectivity index (χ0v) is 13.3. The molecule has 5 heteroatoms. The number of likely N-dealkylation sites (N-methyl/N-ethyl adjacent to an activating group) is 1. The molecule has 0 radical (unpaired) electrons. The Labute approximate surface area is 126 Å². The van der Waals surface area contributed by atoms with Crippen molar-refractivity contribution in [3.8, 4) is 0 Å². The Morgan fingerprint density at radius 2 is 1.90 bits per heavy atom. The molecule has 0 aliphatic carbocycles. The van der Waals surface area contributed by atoms with Gasteiger partial charge in [-0.25, -0.2) is 4.39 Å². The van der Waals surface area contributed by atoms with Gasteiger partial charge in [0.15, 0.2) is 0 Å². The standard InChI is InChI=1S/C16H26FN3O/c1-16(2,3)14(18)15(21)19-9-10-20(4)11-12-5-7-13(17)8-6-12/h5-8,14H,9-11,18H2,1-4H3,(H,19,21)/t14-/m1/s1. The molecule has 118 valence electrons. The average Bonchev–Trinajstić information content (AvgIpc) is 2.39. The highest BCUT2D eigenvalue weighted by atomic mass is 19.1. The van der Waals surface area contributed by atoms with Crippen LogP contribution in [0.3, 0.4) is 0 Å². The van der Waals surface area contributed by atoms with Gasteiger partial charge in [-0.1, -0.05) is 32.9 Å². The number of hydrogen-bond acceptors (Lipinski definition) is 3. The van der Waals surface area contributed by atoms with Crippen molar-refractivity contribution in [1.82, 2.24) is 10.2 Å². The highest BCUT2D eigenvalue weighted by Crippen LogP contribution is 2.17. The number of nitrogens with two attached hydrogens (primary N) is 1. The molecule has 21 heavy (non-hydrogen) atoms. The van der Waals surface area contributed by atoms with E-state index in [9.17, 15) is 9.18 Å². The monoisotopic (exact) mass is 295 g/mol. The van der Waals surface area contributed by atoms with Crippen LogP contribution in [0.5, 0.6) is 0 Å². The molecular weight excluding hydrogens is 269 g/mol. The molecule has 0 heterocycles. The van der Waals surface area contributed by atoms with Crippen LogP contribution < -0.4 is 11.1 Å². The number of hydrogen-bond donors (Lipinski definition) is 2. The van der Waals surface area contributed by atoms with Crippen molar-refractivity contribution in [2.45, 2.75) is 33.4 Å². The van der Waals surface area contributed by atoms with Gasteiger partial charge in [-0.15, -0.1) is 0 Å². The molecule has 4 nitrogen and oxygen atoms in total. The highest BCUT2D eigenvalue weighted by molar-refractivity contribution is 5.82. The predicted molar refractivity (Wildman–Crippen MR) is 83.2 cm³/mol. The molecule has 0 bridgehead atoms. The summed E-state index contributed by atoms with van der Waals surface area (Å²) in [5, 5.41) is 2.85. The second-order valence-corrected chi connectivity index (χ2v) is 6.50. The second-order valence-electron chi connectivity index (χ2n) is 6.50. The maximum atomic E-state index is 12.8. The van der Waals surface area contributed by atoms with E-state index in [0.29, 0.717) is 19.6 Å². The van der Waals surface area contributed by atoms with Crippen molar-refractivity contribution < 1.29 is 9.18 Å². The summed E-state index contributed by atoms with van der Waals surface area (Å²) in [5.74, 6) is -0.359. The zero-order valence-electron chi connectivity index (χ0n) is 13.3. The normalized spacial score (nSPS) is 13.3. The van der Waals surface area contributed by atoms with Crippen LogP contribution in [0.2, 0.25) is 0 Å². The first-order valence-corrected chi connectivity index (χ1v) is 7.16. The van der Waals surface area contributed by atoms with Gasteiger partial charge in [0, 0.05) is 19.6 Å². The summed E-state index contributed by atoms with van der Waals surface area (Å²) >= 11 is 0. The lowest BCUT2D eigenvalue weighted by atomic mass is 9.87. The van der Waals surface area contributed by atoms with Crippen LogP contribution in [0.25, 0.3) is 0 Å². The van der Waals surface area contributed by atoms with Crippen molar-refractivity contribution >= 4 is 5.91 Å². The molecule has 0 saturated heterocycles. The minimum absolute atomic E-state index is 0.127. The first-order valence-electron chi connectivity index (χ1n) is 7.16. The summed E-state index contributed by atoms with van der Waals surface area (Å²) in [7, 11) is 1.96. The summed E-state index contributed by atoms with van der Waals surface area (Å²) < 4.78 is 12.8. The number of carbonyl (C=O) groups is 1. The molecule has 1 rings (SSSR count). The molecule has 0 unspecified atom stereocenters. The first-order chi connectivity index (χ1) is 9.70. The average molecular weight is 295 g/mol. The summed E-state index contributed by atoms with van der Waals surface area (Å²) in [6, 6.07) is 5.92. The van der Waals surface area contributed by atoms with Gasteiger partial charge in [0.1, 0.15) is 5.82 Å². The molecule has 0 aliphatic heterocycles. The van der Waals surface area contributed by atoms with E-state index in [2.05, 4.69) is 10.2 Å². The van der Waals surface area contributed by atoms with Gasteiger partial charge in [0.2, 0.25) is 5.91 Å². The molecule has 1 aromatic carbocycles. The van der Waals surface area contributed by atoms with E-state index >= 15 is 0 Å². The largest absolute Gasteiger partial charge is 0.353 e. The molecule has 1 aromatic rings. The molecule has 0 aromatic heterocycles. The zero-order chi connectivity index (χ0) is 16.0. The van der Waals surface area contributed by atoms with Crippen molar-refractivity contribution in [2.75, 3.05) is 20.1 Å². The number of halogens is 1. The number of benzene rings is 1. The molecule has 0 spiro atoms. The van der Waals surface area contributed by atoms with Gasteiger partial charge in [0.25, 0.3) is 0 Å². The van der Waals surface area contributed by atoms with Crippen molar-refractivity contribution in [1.29, 1.82) is 0 Å². The van der Waals surface area contributed by atoms with E-state index in [0.717, 1.165) is 5.56 Å². The summed E-state index contributed by atoms with van der Waals surface area (Å²) in [4.78, 5) is 13.9. The first kappa shape index (κ1) is 17.6. The third-order valence-electron chi connectivity index (χ3n) is 3.37. The minimum atomic E-state index is -0.514. The smallest absolute Gasteiger partial charge is 0.237 e. The van der Waals surface area contributed by atoms with E-state index in [4.69, 9.17) is 5.73 Å². The second kappa shape index (κ2) is 7.52. The Hall–Kier alpha value is -1.46. The summed E-state index contributed by atoms with van der Waals surface area (Å²) in [6.07, 6.45) is 0. The van der Waals surface area contributed by atoms with Crippen molar-refractivity contribution in [3.63, 3.8) is 0 Å². The quantitative estimate of drug-likeness (QED) is 0.840. The molecule has 3 N–H and O–H groups in total. The fraction of sp³-hybridized carbons (Fsp3) is 0.562. The van der Waals surface area contributed by atoms with Gasteiger partial charge in [0.05, 0.1) is 6.04 Å². The van der Waals surface area contributed by atoms with E-state index in [1.54, 1.807) is 12.1 Å². The third-order valence-corrected chi connectivity index (χ3v) is 3.37. The van der Waals surface area contributed by atoms with Crippen molar-refractivity contribution in [2.24, 2.45) is 11.1 Å². The lowest BCUT2D eigenvalue weighted by molar-refractivity contribution is -0.124. The van der Waals surface area contributed by atoms with Crippen LogP contribution in [0, 0.1) is 11.2 Å². The SMILES string of the molecule is CN(CCNC(=O)[C@@H](N)C(C)(C)C)Cc1ccc(F)cc1. The Kier molecular flexibility index (Phi) is 6.30. The summed E-state index contributed by atoms with van der Waals surface area (Å²) in [5.41, 5.74) is 6.68. The van der Waals surface area contributed by atoms with Crippen LogP contribution in [0.15, 0.2) is 24.3 Å².